The predicted octanol–water partition coefficient (Wildman–Crippen LogP) is 5.25. The number of ketones is 1. The fourth-order valence-electron chi connectivity index (χ4n) is 5.09. The molecule has 1 fully saturated rings. The van der Waals surface area contributed by atoms with Crippen molar-refractivity contribution in [3.8, 4) is 17.2 Å². The molecule has 4 aromatic rings. The normalized spacial score (nSPS) is 16.6. The Bertz CT molecular complexity index is 1550. The van der Waals surface area contributed by atoms with Crippen LogP contribution in [-0.2, 0) is 16.0 Å². The lowest BCUT2D eigenvalue weighted by Gasteiger charge is -2.26. The highest BCUT2D eigenvalue weighted by Crippen LogP contribution is 2.43. The number of aliphatic hydroxyl groups is 1. The molecule has 0 radical (unpaired) electrons. The van der Waals surface area contributed by atoms with Gasteiger partial charge in [0.25, 0.3) is 11.7 Å². The fourth-order valence-corrected chi connectivity index (χ4v) is 5.09. The van der Waals surface area contributed by atoms with Crippen LogP contribution in [0.1, 0.15) is 29.7 Å². The third kappa shape index (κ3) is 4.81. The summed E-state index contributed by atoms with van der Waals surface area (Å²) < 4.78 is 16.5. The Balaban J connectivity index is 1.56. The molecule has 39 heavy (non-hydrogen) atoms. The molecule has 1 aliphatic rings. The summed E-state index contributed by atoms with van der Waals surface area (Å²) in [6.45, 7) is 2.64. The molecule has 0 aliphatic carbocycles. The zero-order chi connectivity index (χ0) is 27.5. The van der Waals surface area contributed by atoms with Gasteiger partial charge in [0.2, 0.25) is 0 Å². The number of aromatic amines is 1. The van der Waals surface area contributed by atoms with Crippen molar-refractivity contribution in [3.63, 3.8) is 0 Å². The minimum atomic E-state index is -0.826. The van der Waals surface area contributed by atoms with E-state index < -0.39 is 17.7 Å². The highest BCUT2D eigenvalue weighted by molar-refractivity contribution is 6.46. The van der Waals surface area contributed by atoms with E-state index in [0.717, 1.165) is 22.2 Å². The second-order valence-electron chi connectivity index (χ2n) is 9.17. The first-order valence-electron chi connectivity index (χ1n) is 12.7. The Kier molecular flexibility index (Phi) is 7.27. The van der Waals surface area contributed by atoms with Gasteiger partial charge in [-0.3, -0.25) is 9.59 Å². The number of carbonyl (C=O) groups excluding carboxylic acids is 2. The van der Waals surface area contributed by atoms with Crippen LogP contribution in [0.5, 0.6) is 17.2 Å². The van der Waals surface area contributed by atoms with Crippen molar-refractivity contribution in [2.45, 2.75) is 19.4 Å². The second kappa shape index (κ2) is 10.9. The number of hydrogen-bond donors (Lipinski definition) is 2. The third-order valence-corrected chi connectivity index (χ3v) is 7.01. The first-order chi connectivity index (χ1) is 19.0. The molecule has 2 N–H and O–H groups in total. The molecule has 2 heterocycles. The van der Waals surface area contributed by atoms with Gasteiger partial charge in [0.1, 0.15) is 23.0 Å². The van der Waals surface area contributed by atoms with E-state index in [-0.39, 0.29) is 17.9 Å². The summed E-state index contributed by atoms with van der Waals surface area (Å²) in [7, 11) is 3.15. The number of H-pyrrole nitrogens is 1. The lowest BCUT2D eigenvalue weighted by Crippen LogP contribution is -2.31. The minimum Gasteiger partial charge on any atom is -0.507 e. The largest absolute Gasteiger partial charge is 0.507 e. The number of carbonyl (C=O) groups is 2. The van der Waals surface area contributed by atoms with Gasteiger partial charge in [-0.15, -0.1) is 0 Å². The van der Waals surface area contributed by atoms with E-state index in [9.17, 15) is 14.7 Å². The number of ether oxygens (including phenoxy) is 3. The van der Waals surface area contributed by atoms with Gasteiger partial charge in [0.05, 0.1) is 32.4 Å². The number of nitrogens with zero attached hydrogens (tertiary/aromatic N) is 1. The van der Waals surface area contributed by atoms with E-state index in [1.807, 2.05) is 49.5 Å². The maximum atomic E-state index is 13.4. The van der Waals surface area contributed by atoms with E-state index in [1.54, 1.807) is 37.4 Å². The summed E-state index contributed by atoms with van der Waals surface area (Å²) in [6, 6.07) is 18.9. The Hall–Kier alpha value is -4.72. The zero-order valence-corrected chi connectivity index (χ0v) is 22.1. The van der Waals surface area contributed by atoms with Gasteiger partial charge in [-0.2, -0.15) is 0 Å². The van der Waals surface area contributed by atoms with Crippen molar-refractivity contribution in [2.75, 3.05) is 27.4 Å². The predicted molar refractivity (Wildman–Crippen MR) is 148 cm³/mol. The number of para-hydroxylation sites is 1. The average Bonchev–Trinajstić information content (AvgIpc) is 3.49. The molecule has 1 aromatic heterocycles. The van der Waals surface area contributed by atoms with Gasteiger partial charge in [-0.25, -0.2) is 0 Å². The minimum absolute atomic E-state index is 0.0225. The molecule has 8 nitrogen and oxygen atoms in total. The summed E-state index contributed by atoms with van der Waals surface area (Å²) in [6.07, 6.45) is 2.38. The van der Waals surface area contributed by atoms with E-state index >= 15 is 0 Å². The molecule has 1 aliphatic heterocycles. The third-order valence-electron chi connectivity index (χ3n) is 7.01. The molecule has 0 spiro atoms. The van der Waals surface area contributed by atoms with Crippen LogP contribution in [0.15, 0.2) is 78.5 Å². The Morgan fingerprint density at radius 2 is 1.72 bits per heavy atom. The van der Waals surface area contributed by atoms with Gasteiger partial charge in [-0.05, 0) is 67.4 Å². The molecule has 0 saturated carbocycles. The number of nitrogens with one attached hydrogen (secondary N) is 1. The van der Waals surface area contributed by atoms with Crippen LogP contribution in [0.2, 0.25) is 0 Å². The van der Waals surface area contributed by atoms with E-state index in [4.69, 9.17) is 14.2 Å². The Morgan fingerprint density at radius 1 is 0.974 bits per heavy atom. The second-order valence-corrected chi connectivity index (χ2v) is 9.17. The van der Waals surface area contributed by atoms with E-state index in [2.05, 4.69) is 4.98 Å². The van der Waals surface area contributed by atoms with Crippen molar-refractivity contribution in [2.24, 2.45) is 0 Å². The van der Waals surface area contributed by atoms with Crippen LogP contribution in [-0.4, -0.2) is 54.1 Å². The lowest BCUT2D eigenvalue weighted by atomic mass is 9.94. The quantitative estimate of drug-likeness (QED) is 0.176. The number of fused-ring (bicyclic) bond motifs is 1. The molecule has 3 aromatic carbocycles. The topological polar surface area (TPSA) is 101 Å². The standard InChI is InChI=1S/C31H30N2O6/c1-4-39-21-11-9-19(10-12-21)29(34)27-28(23-7-5-6-8-26(23)38-3)33(31(36)30(27)35)16-15-20-18-32-25-14-13-22(37-2)17-24(20)25/h5-14,17-18,28,32,34H,4,15-16H2,1-3H3/t28-/m0/s1. The van der Waals surface area contributed by atoms with Crippen LogP contribution in [0.4, 0.5) is 0 Å². The maximum absolute atomic E-state index is 13.4. The van der Waals surface area contributed by atoms with Crippen molar-refractivity contribution in [1.82, 2.24) is 9.88 Å². The van der Waals surface area contributed by atoms with Crippen LogP contribution in [0.3, 0.4) is 0 Å². The SMILES string of the molecule is CCOc1ccc(C(O)=C2C(=O)C(=O)N(CCc3c[nH]c4ccc(OC)cc34)[C@H]2c2ccccc2OC)cc1. The molecular weight excluding hydrogens is 496 g/mol. The summed E-state index contributed by atoms with van der Waals surface area (Å²) in [5.41, 5.74) is 2.99. The van der Waals surface area contributed by atoms with Crippen LogP contribution in [0, 0.1) is 0 Å². The summed E-state index contributed by atoms with van der Waals surface area (Å²) >= 11 is 0. The molecule has 1 atom stereocenters. The number of likely N-dealkylation sites (tertiary alicyclic amines) is 1. The molecule has 1 saturated heterocycles. The monoisotopic (exact) mass is 526 g/mol. The number of Topliss-reactive ketones (excluding diaryl/α,β-unsaturated/α-hetero) is 1. The van der Waals surface area contributed by atoms with E-state index in [1.165, 1.54) is 12.0 Å². The van der Waals surface area contributed by atoms with Gasteiger partial charge in [0, 0.05) is 34.8 Å². The maximum Gasteiger partial charge on any atom is 0.295 e. The molecule has 0 unspecified atom stereocenters. The smallest absolute Gasteiger partial charge is 0.295 e. The Morgan fingerprint density at radius 3 is 2.44 bits per heavy atom. The zero-order valence-electron chi connectivity index (χ0n) is 22.1. The molecular formula is C31H30N2O6. The molecule has 5 rings (SSSR count). The molecule has 8 heteroatoms. The fraction of sp³-hybridized carbons (Fsp3) is 0.226. The highest BCUT2D eigenvalue weighted by atomic mass is 16.5. The van der Waals surface area contributed by atoms with Gasteiger partial charge >= 0.3 is 0 Å². The lowest BCUT2D eigenvalue weighted by molar-refractivity contribution is -0.139. The average molecular weight is 527 g/mol. The summed E-state index contributed by atoms with van der Waals surface area (Å²) in [4.78, 5) is 31.6. The number of benzene rings is 3. The van der Waals surface area contributed by atoms with Gasteiger partial charge in [0.15, 0.2) is 0 Å². The van der Waals surface area contributed by atoms with Crippen molar-refractivity contribution >= 4 is 28.4 Å². The molecule has 1 amide bonds. The van der Waals surface area contributed by atoms with Crippen molar-refractivity contribution < 1.29 is 28.9 Å². The van der Waals surface area contributed by atoms with Crippen LogP contribution >= 0.6 is 0 Å². The van der Waals surface area contributed by atoms with Crippen molar-refractivity contribution in [1.29, 1.82) is 0 Å². The van der Waals surface area contributed by atoms with Crippen LogP contribution < -0.4 is 14.2 Å². The van der Waals surface area contributed by atoms with E-state index in [0.29, 0.717) is 35.7 Å². The van der Waals surface area contributed by atoms with Gasteiger partial charge < -0.3 is 29.2 Å². The number of amides is 1. The Labute approximate surface area is 226 Å². The molecule has 0 bridgehead atoms. The first-order valence-corrected chi connectivity index (χ1v) is 12.7. The number of hydrogen-bond acceptors (Lipinski definition) is 6. The first kappa shape index (κ1) is 25.9. The highest BCUT2D eigenvalue weighted by Gasteiger charge is 2.46. The number of aliphatic hydroxyl groups excluding tert-OH is 1. The number of rotatable bonds is 9. The van der Waals surface area contributed by atoms with Crippen molar-refractivity contribution in [3.05, 3.63) is 95.2 Å². The van der Waals surface area contributed by atoms with Crippen LogP contribution in [0.25, 0.3) is 16.7 Å². The number of methoxy groups -OCH3 is 2. The molecule has 200 valence electrons. The summed E-state index contributed by atoms with van der Waals surface area (Å²) in [5.74, 6) is 0.239. The van der Waals surface area contributed by atoms with Gasteiger partial charge in [-0.1, -0.05) is 18.2 Å². The summed E-state index contributed by atoms with van der Waals surface area (Å²) in [5, 5.41) is 12.4. The number of aromatic nitrogens is 1.